The van der Waals surface area contributed by atoms with E-state index in [0.29, 0.717) is 36.7 Å². The zero-order valence-corrected chi connectivity index (χ0v) is 16.6. The Balaban J connectivity index is 1.73. The molecule has 3 amide bonds. The van der Waals surface area contributed by atoms with Crippen molar-refractivity contribution in [2.24, 2.45) is 0 Å². The number of carbonyl (C=O) groups excluding carboxylic acids is 4. The molecule has 1 aromatic rings. The molecule has 1 aliphatic heterocycles. The first kappa shape index (κ1) is 22.2. The van der Waals surface area contributed by atoms with Crippen LogP contribution in [-0.4, -0.2) is 49.6 Å². The van der Waals surface area contributed by atoms with Crippen molar-refractivity contribution in [1.29, 1.82) is 0 Å². The molecule has 2 N–H and O–H groups in total. The van der Waals surface area contributed by atoms with Crippen molar-refractivity contribution in [1.82, 2.24) is 10.6 Å². The summed E-state index contributed by atoms with van der Waals surface area (Å²) in [6.45, 7) is 4.16. The number of ketones is 1. The number of hydrogen-bond donors (Lipinski definition) is 2. The minimum absolute atomic E-state index is 0.0748. The average molecular weight is 406 g/mol. The molecule has 2 rings (SSSR count). The molecular formula is C20H26N2O7. The summed E-state index contributed by atoms with van der Waals surface area (Å²) in [5.41, 5.74) is 0.404. The van der Waals surface area contributed by atoms with Crippen LogP contribution in [-0.2, 0) is 14.3 Å². The monoisotopic (exact) mass is 406 g/mol. The lowest BCUT2D eigenvalue weighted by Crippen LogP contribution is -2.44. The number of benzene rings is 1. The number of rotatable bonds is 8. The molecule has 1 heterocycles. The Labute approximate surface area is 169 Å². The SMILES string of the molecule is CC[C@@H](C)NC(=O)NC(=O)COC(=O)CCC(=O)c1ccc2c(c1)OCCCO2. The predicted octanol–water partition coefficient (Wildman–Crippen LogP) is 1.98. The van der Waals surface area contributed by atoms with Gasteiger partial charge in [-0.25, -0.2) is 4.79 Å². The number of hydrogen-bond acceptors (Lipinski definition) is 7. The van der Waals surface area contributed by atoms with Crippen LogP contribution in [0.2, 0.25) is 0 Å². The highest BCUT2D eigenvalue weighted by molar-refractivity contribution is 5.98. The smallest absolute Gasteiger partial charge is 0.321 e. The van der Waals surface area contributed by atoms with Crippen LogP contribution in [0.15, 0.2) is 18.2 Å². The number of carbonyl (C=O) groups is 4. The van der Waals surface area contributed by atoms with Crippen LogP contribution in [0.3, 0.4) is 0 Å². The second kappa shape index (κ2) is 11.0. The number of Topliss-reactive ketones (excluding diaryl/α,β-unsaturated/α-hetero) is 1. The summed E-state index contributed by atoms with van der Waals surface area (Å²) in [6.07, 6.45) is 1.22. The van der Waals surface area contributed by atoms with Gasteiger partial charge in [0.15, 0.2) is 23.9 Å². The Bertz CT molecular complexity index is 763. The second-order valence-corrected chi connectivity index (χ2v) is 6.63. The Morgan fingerprint density at radius 1 is 1.10 bits per heavy atom. The normalized spacial score (nSPS) is 13.6. The zero-order valence-electron chi connectivity index (χ0n) is 16.6. The van der Waals surface area contributed by atoms with E-state index in [2.05, 4.69) is 10.6 Å². The number of fused-ring (bicyclic) bond motifs is 1. The van der Waals surface area contributed by atoms with Crippen molar-refractivity contribution in [3.05, 3.63) is 23.8 Å². The summed E-state index contributed by atoms with van der Waals surface area (Å²) in [7, 11) is 0. The highest BCUT2D eigenvalue weighted by atomic mass is 16.5. The number of amides is 3. The zero-order chi connectivity index (χ0) is 21.2. The molecule has 0 spiro atoms. The number of ether oxygens (including phenoxy) is 3. The van der Waals surface area contributed by atoms with E-state index >= 15 is 0 Å². The summed E-state index contributed by atoms with van der Waals surface area (Å²) < 4.78 is 15.9. The minimum atomic E-state index is -0.742. The van der Waals surface area contributed by atoms with E-state index in [1.54, 1.807) is 25.1 Å². The van der Waals surface area contributed by atoms with Crippen molar-refractivity contribution in [3.8, 4) is 11.5 Å². The highest BCUT2D eigenvalue weighted by Gasteiger charge is 2.17. The van der Waals surface area contributed by atoms with Gasteiger partial charge in [0.1, 0.15) is 0 Å². The molecule has 1 atom stereocenters. The van der Waals surface area contributed by atoms with Gasteiger partial charge in [0.05, 0.1) is 19.6 Å². The van der Waals surface area contributed by atoms with E-state index in [0.717, 1.165) is 6.42 Å². The molecule has 158 valence electrons. The first-order valence-electron chi connectivity index (χ1n) is 9.57. The topological polar surface area (TPSA) is 120 Å². The third-order valence-electron chi connectivity index (χ3n) is 4.23. The maximum Gasteiger partial charge on any atom is 0.321 e. The van der Waals surface area contributed by atoms with Gasteiger partial charge in [-0.15, -0.1) is 0 Å². The molecule has 9 nitrogen and oxygen atoms in total. The molecule has 0 aliphatic carbocycles. The van der Waals surface area contributed by atoms with Crippen LogP contribution < -0.4 is 20.1 Å². The van der Waals surface area contributed by atoms with Crippen molar-refractivity contribution in [2.75, 3.05) is 19.8 Å². The van der Waals surface area contributed by atoms with Gasteiger partial charge < -0.3 is 19.5 Å². The maximum absolute atomic E-state index is 12.3. The number of urea groups is 1. The number of esters is 1. The molecule has 0 aromatic heterocycles. The van der Waals surface area contributed by atoms with Crippen LogP contribution in [0.25, 0.3) is 0 Å². The first-order valence-corrected chi connectivity index (χ1v) is 9.57. The molecular weight excluding hydrogens is 380 g/mol. The van der Waals surface area contributed by atoms with Crippen LogP contribution in [0.4, 0.5) is 4.79 Å². The van der Waals surface area contributed by atoms with Gasteiger partial charge in [0.2, 0.25) is 0 Å². The second-order valence-electron chi connectivity index (χ2n) is 6.63. The van der Waals surface area contributed by atoms with E-state index in [-0.39, 0.29) is 24.7 Å². The van der Waals surface area contributed by atoms with E-state index < -0.39 is 24.5 Å². The lowest BCUT2D eigenvalue weighted by atomic mass is 10.1. The molecule has 0 saturated carbocycles. The van der Waals surface area contributed by atoms with Crippen molar-refractivity contribution >= 4 is 23.7 Å². The molecule has 1 aromatic carbocycles. The average Bonchev–Trinajstić information content (AvgIpc) is 2.94. The van der Waals surface area contributed by atoms with E-state index in [4.69, 9.17) is 14.2 Å². The lowest BCUT2D eigenvalue weighted by Gasteiger charge is -2.11. The Morgan fingerprint density at radius 3 is 2.55 bits per heavy atom. The first-order chi connectivity index (χ1) is 13.9. The molecule has 0 fully saturated rings. The fourth-order valence-electron chi connectivity index (χ4n) is 2.44. The molecule has 0 radical (unpaired) electrons. The minimum Gasteiger partial charge on any atom is -0.490 e. The van der Waals surface area contributed by atoms with Gasteiger partial charge in [-0.1, -0.05) is 6.92 Å². The number of nitrogens with one attached hydrogen (secondary N) is 2. The fourth-order valence-corrected chi connectivity index (χ4v) is 2.44. The Hall–Kier alpha value is -3.10. The van der Waals surface area contributed by atoms with Crippen LogP contribution in [0.1, 0.15) is 49.9 Å². The van der Waals surface area contributed by atoms with Crippen LogP contribution >= 0.6 is 0 Å². The van der Waals surface area contributed by atoms with Crippen LogP contribution in [0.5, 0.6) is 11.5 Å². The standard InChI is InChI=1S/C20H26N2O7/c1-3-13(2)21-20(26)22-18(24)12-29-19(25)8-6-15(23)14-5-7-16-17(11-14)28-10-4-9-27-16/h5,7,11,13H,3-4,6,8-10,12H2,1-2H3,(H2,21,22,24,26)/t13-/m1/s1. The predicted molar refractivity (Wildman–Crippen MR) is 103 cm³/mol. The van der Waals surface area contributed by atoms with Crippen molar-refractivity contribution in [2.45, 2.75) is 45.6 Å². The third kappa shape index (κ3) is 7.44. The van der Waals surface area contributed by atoms with Gasteiger partial charge in [-0.3, -0.25) is 19.7 Å². The lowest BCUT2D eigenvalue weighted by molar-refractivity contribution is -0.148. The van der Waals surface area contributed by atoms with E-state index in [9.17, 15) is 19.2 Å². The van der Waals surface area contributed by atoms with Gasteiger partial charge in [0.25, 0.3) is 5.91 Å². The Morgan fingerprint density at radius 2 is 1.83 bits per heavy atom. The van der Waals surface area contributed by atoms with Gasteiger partial charge in [-0.2, -0.15) is 0 Å². The van der Waals surface area contributed by atoms with Crippen molar-refractivity contribution in [3.63, 3.8) is 0 Å². The van der Waals surface area contributed by atoms with E-state index in [1.807, 2.05) is 6.92 Å². The molecule has 1 aliphatic rings. The third-order valence-corrected chi connectivity index (χ3v) is 4.23. The summed E-state index contributed by atoms with van der Waals surface area (Å²) in [5.74, 6) is -0.612. The van der Waals surface area contributed by atoms with Crippen molar-refractivity contribution < 1.29 is 33.4 Å². The Kier molecular flexibility index (Phi) is 8.45. The molecule has 0 bridgehead atoms. The van der Waals surface area contributed by atoms with Gasteiger partial charge >= 0.3 is 12.0 Å². The molecule has 29 heavy (non-hydrogen) atoms. The van der Waals surface area contributed by atoms with Crippen LogP contribution in [0, 0.1) is 0 Å². The van der Waals surface area contributed by atoms with Gasteiger partial charge in [-0.05, 0) is 31.5 Å². The maximum atomic E-state index is 12.3. The number of imide groups is 1. The quantitative estimate of drug-likeness (QED) is 0.500. The largest absolute Gasteiger partial charge is 0.490 e. The summed E-state index contributed by atoms with van der Waals surface area (Å²) in [6, 6.07) is 4.15. The molecule has 0 saturated heterocycles. The molecule has 0 unspecified atom stereocenters. The van der Waals surface area contributed by atoms with Gasteiger partial charge in [0, 0.05) is 24.4 Å². The summed E-state index contributed by atoms with van der Waals surface area (Å²) in [4.78, 5) is 47.2. The fraction of sp³-hybridized carbons (Fsp3) is 0.500. The summed E-state index contributed by atoms with van der Waals surface area (Å²) in [5, 5.41) is 4.62. The van der Waals surface area contributed by atoms with E-state index in [1.165, 1.54) is 0 Å². The highest BCUT2D eigenvalue weighted by Crippen LogP contribution is 2.30. The molecule has 9 heteroatoms. The summed E-state index contributed by atoms with van der Waals surface area (Å²) >= 11 is 0.